The Morgan fingerprint density at radius 3 is 2.65 bits per heavy atom. The maximum absolute atomic E-state index is 12.6. The molecule has 3 rings (SSSR count). The van der Waals surface area contributed by atoms with Crippen LogP contribution in [0.2, 0.25) is 5.02 Å². The van der Waals surface area contributed by atoms with E-state index in [0.717, 1.165) is 21.2 Å². The number of nitrogens with zero attached hydrogens (tertiary/aromatic N) is 1. The minimum absolute atomic E-state index is 0.0312. The first-order valence-corrected chi connectivity index (χ1v) is 9.58. The average molecular weight is 470 g/mol. The standard InChI is InChI=1S/C17H10BrClN2O3S2/c18-11-3-6-13(22)10(7-11)8-14-16(24)21(17(25)26-14)20-15(23)9-1-4-12(19)5-2-9/h1-8,22H,(H,20,23). The molecule has 1 aliphatic heterocycles. The number of thiocarbonyl (C=S) groups is 1. The van der Waals surface area contributed by atoms with Gasteiger partial charge in [0.25, 0.3) is 11.8 Å². The van der Waals surface area contributed by atoms with Crippen LogP contribution in [0.15, 0.2) is 51.8 Å². The number of hydrogen-bond donors (Lipinski definition) is 2. The molecule has 0 atom stereocenters. The summed E-state index contributed by atoms with van der Waals surface area (Å²) in [6, 6.07) is 11.1. The molecule has 2 aromatic rings. The monoisotopic (exact) mass is 468 g/mol. The molecule has 1 heterocycles. The van der Waals surface area contributed by atoms with Gasteiger partial charge in [0.1, 0.15) is 5.75 Å². The van der Waals surface area contributed by atoms with Crippen molar-refractivity contribution in [2.45, 2.75) is 0 Å². The number of phenolic OH excluding ortho intramolecular Hbond substituents is 1. The van der Waals surface area contributed by atoms with E-state index in [9.17, 15) is 14.7 Å². The number of amides is 2. The molecule has 0 unspecified atom stereocenters. The van der Waals surface area contributed by atoms with Gasteiger partial charge in [-0.05, 0) is 60.8 Å². The van der Waals surface area contributed by atoms with E-state index in [-0.39, 0.29) is 10.1 Å². The second kappa shape index (κ2) is 7.79. The van der Waals surface area contributed by atoms with Crippen LogP contribution in [0.5, 0.6) is 5.75 Å². The molecule has 1 saturated heterocycles. The Balaban J connectivity index is 1.80. The van der Waals surface area contributed by atoms with Crippen molar-refractivity contribution >= 4 is 73.7 Å². The quantitative estimate of drug-likeness (QED) is 0.516. The van der Waals surface area contributed by atoms with Gasteiger partial charge in [0.2, 0.25) is 0 Å². The van der Waals surface area contributed by atoms with Gasteiger partial charge in [-0.1, -0.05) is 39.3 Å². The highest BCUT2D eigenvalue weighted by atomic mass is 79.9. The first-order chi connectivity index (χ1) is 12.3. The highest BCUT2D eigenvalue weighted by Gasteiger charge is 2.34. The highest BCUT2D eigenvalue weighted by Crippen LogP contribution is 2.34. The molecule has 5 nitrogen and oxygen atoms in total. The fourth-order valence-electron chi connectivity index (χ4n) is 2.11. The second-order valence-corrected chi connectivity index (χ2v) is 8.20. The maximum atomic E-state index is 12.6. The molecule has 9 heteroatoms. The number of phenols is 1. The van der Waals surface area contributed by atoms with E-state index in [1.807, 2.05) is 0 Å². The normalized spacial score (nSPS) is 15.6. The third kappa shape index (κ3) is 4.09. The van der Waals surface area contributed by atoms with Crippen LogP contribution in [0.3, 0.4) is 0 Å². The minimum atomic E-state index is -0.482. The van der Waals surface area contributed by atoms with Gasteiger partial charge in [0, 0.05) is 20.6 Å². The summed E-state index contributed by atoms with van der Waals surface area (Å²) in [5.41, 5.74) is 3.29. The maximum Gasteiger partial charge on any atom is 0.285 e. The zero-order valence-electron chi connectivity index (χ0n) is 12.9. The van der Waals surface area contributed by atoms with Crippen LogP contribution in [0, 0.1) is 0 Å². The van der Waals surface area contributed by atoms with E-state index in [0.29, 0.717) is 21.1 Å². The summed E-state index contributed by atoms with van der Waals surface area (Å²) in [5.74, 6) is -0.921. The number of hydrogen-bond acceptors (Lipinski definition) is 5. The molecule has 1 fully saturated rings. The molecule has 132 valence electrons. The predicted molar refractivity (Wildman–Crippen MR) is 110 cm³/mol. The Morgan fingerprint density at radius 2 is 1.96 bits per heavy atom. The molecule has 0 radical (unpaired) electrons. The van der Waals surface area contributed by atoms with Crippen molar-refractivity contribution in [1.82, 2.24) is 10.4 Å². The Labute approximate surface area is 172 Å². The van der Waals surface area contributed by atoms with Crippen molar-refractivity contribution in [2.24, 2.45) is 0 Å². The molecule has 0 aromatic heterocycles. The molecule has 0 spiro atoms. The van der Waals surface area contributed by atoms with Gasteiger partial charge in [-0.3, -0.25) is 15.0 Å². The molecule has 0 aliphatic carbocycles. The van der Waals surface area contributed by atoms with Gasteiger partial charge in [-0.15, -0.1) is 0 Å². The number of halogens is 2. The first kappa shape index (κ1) is 18.9. The van der Waals surface area contributed by atoms with E-state index < -0.39 is 11.8 Å². The summed E-state index contributed by atoms with van der Waals surface area (Å²) in [6.45, 7) is 0. The molecule has 1 aliphatic rings. The van der Waals surface area contributed by atoms with Crippen LogP contribution >= 0.6 is 51.5 Å². The van der Waals surface area contributed by atoms with Crippen LogP contribution in [-0.4, -0.2) is 26.3 Å². The summed E-state index contributed by atoms with van der Waals surface area (Å²) in [5, 5.41) is 11.4. The predicted octanol–water partition coefficient (Wildman–Crippen LogP) is 4.35. The highest BCUT2D eigenvalue weighted by molar-refractivity contribution is 9.10. The number of nitrogens with one attached hydrogen (secondary N) is 1. The third-order valence-corrected chi connectivity index (χ3v) is 5.44. The Morgan fingerprint density at radius 1 is 1.27 bits per heavy atom. The molecule has 2 N–H and O–H groups in total. The van der Waals surface area contributed by atoms with Crippen LogP contribution in [0.1, 0.15) is 15.9 Å². The van der Waals surface area contributed by atoms with Gasteiger partial charge in [-0.25, -0.2) is 0 Å². The van der Waals surface area contributed by atoms with Crippen molar-refractivity contribution in [2.75, 3.05) is 0 Å². The lowest BCUT2D eigenvalue weighted by molar-refractivity contribution is -0.123. The molecular formula is C17H10BrClN2O3S2. The van der Waals surface area contributed by atoms with Gasteiger partial charge >= 0.3 is 0 Å². The van der Waals surface area contributed by atoms with Crippen LogP contribution in [0.4, 0.5) is 0 Å². The van der Waals surface area contributed by atoms with Crippen molar-refractivity contribution in [1.29, 1.82) is 0 Å². The van der Waals surface area contributed by atoms with Crippen molar-refractivity contribution in [3.8, 4) is 5.75 Å². The Kier molecular flexibility index (Phi) is 5.67. The largest absolute Gasteiger partial charge is 0.507 e. The zero-order chi connectivity index (χ0) is 18.8. The molecule has 0 bridgehead atoms. The number of aromatic hydroxyl groups is 1. The third-order valence-electron chi connectivity index (χ3n) is 3.39. The van der Waals surface area contributed by atoms with Crippen LogP contribution < -0.4 is 5.43 Å². The van der Waals surface area contributed by atoms with E-state index >= 15 is 0 Å². The van der Waals surface area contributed by atoms with E-state index in [4.69, 9.17) is 23.8 Å². The fraction of sp³-hybridized carbons (Fsp3) is 0. The average Bonchev–Trinajstić information content (AvgIpc) is 2.86. The van der Waals surface area contributed by atoms with Gasteiger partial charge in [0.15, 0.2) is 4.32 Å². The molecule has 0 saturated carbocycles. The number of hydrazine groups is 1. The topological polar surface area (TPSA) is 69.6 Å². The molecule has 26 heavy (non-hydrogen) atoms. The fourth-order valence-corrected chi connectivity index (χ4v) is 3.79. The Bertz CT molecular complexity index is 948. The lowest BCUT2D eigenvalue weighted by Gasteiger charge is -2.15. The summed E-state index contributed by atoms with van der Waals surface area (Å²) < 4.78 is 0.950. The van der Waals surface area contributed by atoms with E-state index in [2.05, 4.69) is 21.4 Å². The molecule has 2 aromatic carbocycles. The van der Waals surface area contributed by atoms with Crippen molar-refractivity contribution in [3.05, 3.63) is 68.0 Å². The number of benzene rings is 2. The second-order valence-electron chi connectivity index (χ2n) is 5.17. The van der Waals surface area contributed by atoms with Crippen molar-refractivity contribution < 1.29 is 14.7 Å². The summed E-state index contributed by atoms with van der Waals surface area (Å²) >= 11 is 15.3. The van der Waals surface area contributed by atoms with Crippen LogP contribution in [-0.2, 0) is 4.79 Å². The lowest BCUT2D eigenvalue weighted by Crippen LogP contribution is -2.44. The Hall–Kier alpha value is -1.87. The molecular weight excluding hydrogens is 460 g/mol. The summed E-state index contributed by atoms with van der Waals surface area (Å²) in [6.07, 6.45) is 1.52. The van der Waals surface area contributed by atoms with Gasteiger partial charge < -0.3 is 5.11 Å². The SMILES string of the molecule is O=C(NN1C(=O)C(=Cc2cc(Br)ccc2O)SC1=S)c1ccc(Cl)cc1. The number of rotatable bonds is 3. The van der Waals surface area contributed by atoms with E-state index in [1.165, 1.54) is 12.1 Å². The minimum Gasteiger partial charge on any atom is -0.507 e. The van der Waals surface area contributed by atoms with Gasteiger partial charge in [-0.2, -0.15) is 5.01 Å². The zero-order valence-corrected chi connectivity index (χ0v) is 16.9. The van der Waals surface area contributed by atoms with Gasteiger partial charge in [0.05, 0.1) is 4.91 Å². The first-order valence-electron chi connectivity index (χ1n) is 7.18. The summed E-state index contributed by atoms with van der Waals surface area (Å²) in [7, 11) is 0. The van der Waals surface area contributed by atoms with Crippen molar-refractivity contribution in [3.63, 3.8) is 0 Å². The lowest BCUT2D eigenvalue weighted by atomic mass is 10.2. The smallest absolute Gasteiger partial charge is 0.285 e. The number of thioether (sulfide) groups is 1. The number of carbonyl (C=O) groups is 2. The van der Waals surface area contributed by atoms with Crippen LogP contribution in [0.25, 0.3) is 6.08 Å². The summed E-state index contributed by atoms with van der Waals surface area (Å²) in [4.78, 5) is 25.1. The van der Waals surface area contributed by atoms with E-state index in [1.54, 1.807) is 36.4 Å². The molecule has 2 amide bonds. The number of carbonyl (C=O) groups excluding carboxylic acids is 2.